The van der Waals surface area contributed by atoms with Crippen molar-refractivity contribution in [1.29, 1.82) is 0 Å². The predicted octanol–water partition coefficient (Wildman–Crippen LogP) is 3.69. The number of imidazole rings is 1. The number of aromatic nitrogens is 3. The van der Waals surface area contributed by atoms with Crippen molar-refractivity contribution in [2.24, 2.45) is 0 Å². The molecule has 0 N–H and O–H groups in total. The van der Waals surface area contributed by atoms with Crippen LogP contribution in [0.15, 0.2) is 53.7 Å². The second kappa shape index (κ2) is 5.79. The lowest BCUT2D eigenvalue weighted by atomic mass is 10.2. The van der Waals surface area contributed by atoms with Gasteiger partial charge in [-0.15, -0.1) is 0 Å². The van der Waals surface area contributed by atoms with Gasteiger partial charge < -0.3 is 4.74 Å². The molecule has 0 aliphatic heterocycles. The summed E-state index contributed by atoms with van der Waals surface area (Å²) >= 11 is 1.38. The van der Waals surface area contributed by atoms with Crippen molar-refractivity contribution in [3.05, 3.63) is 48.5 Å². The van der Waals surface area contributed by atoms with Crippen LogP contribution < -0.4 is 0 Å². The van der Waals surface area contributed by atoms with Gasteiger partial charge in [0, 0.05) is 5.39 Å². The summed E-state index contributed by atoms with van der Waals surface area (Å²) in [5.74, 6) is -0.271. The number of benzene rings is 2. The largest absolute Gasteiger partial charge is 0.468 e. The van der Waals surface area contributed by atoms with Crippen molar-refractivity contribution < 1.29 is 9.53 Å². The molecule has 0 fully saturated rings. The number of hydrogen-bond acceptors (Lipinski definition) is 5. The number of hydrogen-bond donors (Lipinski definition) is 0. The molecule has 0 amide bonds. The van der Waals surface area contributed by atoms with E-state index >= 15 is 0 Å². The van der Waals surface area contributed by atoms with Crippen molar-refractivity contribution >= 4 is 45.3 Å². The first kappa shape index (κ1) is 15.0. The highest BCUT2D eigenvalue weighted by molar-refractivity contribution is 8.00. The molecule has 0 saturated heterocycles. The number of thioether (sulfide) groups is 1. The van der Waals surface area contributed by atoms with E-state index in [2.05, 4.69) is 0 Å². The molecular formula is C18H15N3O2S. The summed E-state index contributed by atoms with van der Waals surface area (Å²) in [5, 5.41) is 1.37. The average molecular weight is 337 g/mol. The highest BCUT2D eigenvalue weighted by atomic mass is 32.2. The van der Waals surface area contributed by atoms with Crippen LogP contribution in [-0.2, 0) is 9.53 Å². The number of esters is 1. The first-order valence-corrected chi connectivity index (χ1v) is 8.47. The third-order valence-corrected chi connectivity index (χ3v) is 4.96. The van der Waals surface area contributed by atoms with E-state index in [1.165, 1.54) is 18.9 Å². The fourth-order valence-corrected chi connectivity index (χ4v) is 3.71. The monoisotopic (exact) mass is 337 g/mol. The van der Waals surface area contributed by atoms with Gasteiger partial charge in [-0.2, -0.15) is 0 Å². The molecule has 0 saturated carbocycles. The van der Waals surface area contributed by atoms with Gasteiger partial charge >= 0.3 is 5.97 Å². The second-order valence-electron chi connectivity index (χ2n) is 5.45. The molecule has 4 aromatic rings. The van der Waals surface area contributed by atoms with Gasteiger partial charge in [0.15, 0.2) is 5.16 Å². The summed E-state index contributed by atoms with van der Waals surface area (Å²) < 4.78 is 6.86. The molecule has 6 heteroatoms. The van der Waals surface area contributed by atoms with Crippen LogP contribution in [-0.4, -0.2) is 32.7 Å². The van der Waals surface area contributed by atoms with Gasteiger partial charge in [0.25, 0.3) is 0 Å². The summed E-state index contributed by atoms with van der Waals surface area (Å²) in [4.78, 5) is 21.4. The minimum absolute atomic E-state index is 0.271. The van der Waals surface area contributed by atoms with E-state index < -0.39 is 0 Å². The molecule has 0 aliphatic rings. The number of nitrogens with zero attached hydrogens (tertiary/aromatic N) is 3. The molecule has 0 aliphatic carbocycles. The van der Waals surface area contributed by atoms with E-state index in [-0.39, 0.29) is 11.2 Å². The summed E-state index contributed by atoms with van der Waals surface area (Å²) in [6.07, 6.45) is 0. The Bertz CT molecular complexity index is 1070. The minimum atomic E-state index is -0.354. The molecule has 4 rings (SSSR count). The maximum absolute atomic E-state index is 11.8. The van der Waals surface area contributed by atoms with E-state index in [0.717, 1.165) is 32.7 Å². The molecule has 0 unspecified atom stereocenters. The van der Waals surface area contributed by atoms with Crippen LogP contribution in [0.2, 0.25) is 0 Å². The molecule has 0 spiro atoms. The van der Waals surface area contributed by atoms with Crippen LogP contribution in [0.1, 0.15) is 6.92 Å². The summed E-state index contributed by atoms with van der Waals surface area (Å²) in [6.45, 7) is 1.82. The first-order valence-electron chi connectivity index (χ1n) is 7.59. The van der Waals surface area contributed by atoms with Crippen LogP contribution in [0.5, 0.6) is 0 Å². The Labute approximate surface area is 142 Å². The zero-order valence-corrected chi connectivity index (χ0v) is 14.1. The van der Waals surface area contributed by atoms with Crippen molar-refractivity contribution in [2.75, 3.05) is 7.11 Å². The molecule has 2 aromatic heterocycles. The number of carbonyl (C=O) groups is 1. The van der Waals surface area contributed by atoms with Gasteiger partial charge in [-0.25, -0.2) is 9.97 Å². The number of carbonyl (C=O) groups excluding carboxylic acids is 1. The van der Waals surface area contributed by atoms with E-state index in [1.807, 2.05) is 59.9 Å². The van der Waals surface area contributed by atoms with Crippen LogP contribution in [0.4, 0.5) is 0 Å². The SMILES string of the molecule is COC(=O)[C@@H](C)Sc1nc2ccccc2c2nc3ccccc3n12. The number of fused-ring (bicyclic) bond motifs is 5. The Morgan fingerprint density at radius 3 is 2.58 bits per heavy atom. The quantitative estimate of drug-likeness (QED) is 0.324. The lowest BCUT2D eigenvalue weighted by Crippen LogP contribution is -2.15. The van der Waals surface area contributed by atoms with Crippen molar-refractivity contribution in [1.82, 2.24) is 14.4 Å². The second-order valence-corrected chi connectivity index (χ2v) is 6.76. The minimum Gasteiger partial charge on any atom is -0.468 e. The predicted molar refractivity (Wildman–Crippen MR) is 95.3 cm³/mol. The standard InChI is InChI=1S/C18H15N3O2S/c1-11(17(22)23-2)24-18-20-13-8-4-3-7-12(13)16-19-14-9-5-6-10-15(14)21(16)18/h3-11H,1-2H3/t11-/m1/s1. The van der Waals surface area contributed by atoms with Crippen molar-refractivity contribution in [2.45, 2.75) is 17.3 Å². The number of ether oxygens (including phenoxy) is 1. The van der Waals surface area contributed by atoms with Crippen LogP contribution in [0, 0.1) is 0 Å². The van der Waals surface area contributed by atoms with E-state index in [0.29, 0.717) is 0 Å². The average Bonchev–Trinajstić information content (AvgIpc) is 3.01. The molecule has 1 atom stereocenters. The van der Waals surface area contributed by atoms with Crippen LogP contribution in [0.25, 0.3) is 27.6 Å². The number of methoxy groups -OCH3 is 1. The normalized spacial score (nSPS) is 12.8. The topological polar surface area (TPSA) is 56.5 Å². The molecule has 2 aromatic carbocycles. The molecule has 120 valence electrons. The van der Waals surface area contributed by atoms with Crippen LogP contribution >= 0.6 is 11.8 Å². The Kier molecular flexibility index (Phi) is 3.61. The molecule has 24 heavy (non-hydrogen) atoms. The zero-order valence-electron chi connectivity index (χ0n) is 13.3. The fourth-order valence-electron chi connectivity index (χ4n) is 2.76. The molecular weight excluding hydrogens is 322 g/mol. The number of rotatable bonds is 3. The van der Waals surface area contributed by atoms with Crippen molar-refractivity contribution in [3.8, 4) is 0 Å². The van der Waals surface area contributed by atoms with Gasteiger partial charge in [-0.05, 0) is 31.2 Å². The fraction of sp³-hybridized carbons (Fsp3) is 0.167. The van der Waals surface area contributed by atoms with Gasteiger partial charge in [0.05, 0.1) is 23.7 Å². The van der Waals surface area contributed by atoms with E-state index in [9.17, 15) is 4.79 Å². The molecule has 0 radical (unpaired) electrons. The maximum Gasteiger partial charge on any atom is 0.318 e. The highest BCUT2D eigenvalue weighted by Gasteiger charge is 2.20. The Morgan fingerprint density at radius 2 is 1.79 bits per heavy atom. The van der Waals surface area contributed by atoms with Crippen LogP contribution in [0.3, 0.4) is 0 Å². The Morgan fingerprint density at radius 1 is 1.08 bits per heavy atom. The lowest BCUT2D eigenvalue weighted by molar-refractivity contribution is -0.139. The van der Waals surface area contributed by atoms with E-state index in [4.69, 9.17) is 14.7 Å². The van der Waals surface area contributed by atoms with E-state index in [1.54, 1.807) is 0 Å². The summed E-state index contributed by atoms with van der Waals surface area (Å²) in [5.41, 5.74) is 3.59. The Balaban J connectivity index is 2.04. The third-order valence-electron chi connectivity index (χ3n) is 3.93. The van der Waals surface area contributed by atoms with Gasteiger partial charge in [0.2, 0.25) is 0 Å². The lowest BCUT2D eigenvalue weighted by Gasteiger charge is -2.11. The van der Waals surface area contributed by atoms with Gasteiger partial charge in [-0.3, -0.25) is 9.20 Å². The third kappa shape index (κ3) is 2.30. The summed E-state index contributed by atoms with van der Waals surface area (Å²) in [6, 6.07) is 15.8. The van der Waals surface area contributed by atoms with Gasteiger partial charge in [0.1, 0.15) is 10.9 Å². The Hall–Kier alpha value is -2.60. The molecule has 2 heterocycles. The number of para-hydroxylation sites is 3. The molecule has 0 bridgehead atoms. The highest BCUT2D eigenvalue weighted by Crippen LogP contribution is 2.30. The first-order chi connectivity index (χ1) is 11.7. The zero-order chi connectivity index (χ0) is 16.7. The molecule has 5 nitrogen and oxygen atoms in total. The summed E-state index contributed by atoms with van der Waals surface area (Å²) in [7, 11) is 1.40. The van der Waals surface area contributed by atoms with Crippen molar-refractivity contribution in [3.63, 3.8) is 0 Å². The maximum atomic E-state index is 11.8. The van der Waals surface area contributed by atoms with Gasteiger partial charge in [-0.1, -0.05) is 36.0 Å². The smallest absolute Gasteiger partial charge is 0.318 e.